The van der Waals surface area contributed by atoms with E-state index in [1.54, 1.807) is 6.33 Å². The highest BCUT2D eigenvalue weighted by molar-refractivity contribution is 5.55. The first-order chi connectivity index (χ1) is 9.20. The van der Waals surface area contributed by atoms with Gasteiger partial charge in [-0.2, -0.15) is 0 Å². The lowest BCUT2D eigenvalue weighted by Gasteiger charge is -2.29. The minimum absolute atomic E-state index is 0.856. The molecule has 106 valence electrons. The van der Waals surface area contributed by atoms with Gasteiger partial charge in [0.25, 0.3) is 0 Å². The van der Waals surface area contributed by atoms with Crippen LogP contribution < -0.4 is 10.6 Å². The number of anilines is 2. The van der Waals surface area contributed by atoms with E-state index < -0.39 is 0 Å². The van der Waals surface area contributed by atoms with Crippen LogP contribution >= 0.6 is 0 Å². The van der Waals surface area contributed by atoms with Crippen molar-refractivity contribution >= 4 is 11.6 Å². The van der Waals surface area contributed by atoms with Crippen LogP contribution in [0.3, 0.4) is 0 Å². The van der Waals surface area contributed by atoms with Crippen LogP contribution in [-0.2, 0) is 0 Å². The van der Waals surface area contributed by atoms with Gasteiger partial charge in [0.15, 0.2) is 0 Å². The van der Waals surface area contributed by atoms with Gasteiger partial charge in [0.05, 0.1) is 0 Å². The van der Waals surface area contributed by atoms with Crippen molar-refractivity contribution in [2.24, 2.45) is 5.92 Å². The number of rotatable bonds is 5. The highest BCUT2D eigenvalue weighted by Gasteiger charge is 2.16. The van der Waals surface area contributed by atoms with E-state index in [9.17, 15) is 0 Å². The quantitative estimate of drug-likeness (QED) is 0.850. The molecule has 0 saturated carbocycles. The van der Waals surface area contributed by atoms with Crippen LogP contribution in [0, 0.1) is 12.8 Å². The maximum Gasteiger partial charge on any atom is 0.134 e. The second-order valence-corrected chi connectivity index (χ2v) is 5.41. The summed E-state index contributed by atoms with van der Waals surface area (Å²) in [5, 5.41) is 6.53. The highest BCUT2D eigenvalue weighted by atomic mass is 15.1. The SMILES string of the molecule is CNc1ncnc(NCCC2CCN(C)CC2)c1C. The monoisotopic (exact) mass is 263 g/mol. The molecule has 1 aliphatic rings. The second-order valence-electron chi connectivity index (χ2n) is 5.41. The van der Waals surface area contributed by atoms with Crippen molar-refractivity contribution in [3.05, 3.63) is 11.9 Å². The Morgan fingerprint density at radius 2 is 1.95 bits per heavy atom. The summed E-state index contributed by atoms with van der Waals surface area (Å²) in [6, 6.07) is 0. The van der Waals surface area contributed by atoms with E-state index in [0.717, 1.165) is 29.7 Å². The van der Waals surface area contributed by atoms with E-state index in [0.29, 0.717) is 0 Å². The third kappa shape index (κ3) is 3.80. The Kier molecular flexibility index (Phi) is 4.96. The molecule has 1 aromatic heterocycles. The van der Waals surface area contributed by atoms with E-state index in [4.69, 9.17) is 0 Å². The molecule has 1 fully saturated rings. The van der Waals surface area contributed by atoms with Gasteiger partial charge >= 0.3 is 0 Å². The maximum absolute atomic E-state index is 4.31. The Balaban J connectivity index is 1.79. The predicted molar refractivity (Wildman–Crippen MR) is 79.6 cm³/mol. The van der Waals surface area contributed by atoms with Gasteiger partial charge in [0.2, 0.25) is 0 Å². The number of nitrogens with one attached hydrogen (secondary N) is 2. The van der Waals surface area contributed by atoms with Crippen LogP contribution in [-0.4, -0.2) is 48.6 Å². The number of likely N-dealkylation sites (tertiary alicyclic amines) is 1. The zero-order valence-corrected chi connectivity index (χ0v) is 12.2. The van der Waals surface area contributed by atoms with Gasteiger partial charge in [0.1, 0.15) is 18.0 Å². The molecule has 2 N–H and O–H groups in total. The van der Waals surface area contributed by atoms with Crippen LogP contribution in [0.4, 0.5) is 11.6 Å². The van der Waals surface area contributed by atoms with Crippen molar-refractivity contribution in [2.45, 2.75) is 26.2 Å². The van der Waals surface area contributed by atoms with E-state index in [1.807, 2.05) is 14.0 Å². The summed E-state index contributed by atoms with van der Waals surface area (Å²) in [6.45, 7) is 5.52. The largest absolute Gasteiger partial charge is 0.373 e. The van der Waals surface area contributed by atoms with Crippen LogP contribution in [0.1, 0.15) is 24.8 Å². The fourth-order valence-corrected chi connectivity index (χ4v) is 2.63. The molecule has 2 rings (SSSR count). The summed E-state index contributed by atoms with van der Waals surface area (Å²) >= 11 is 0. The molecule has 1 aliphatic heterocycles. The summed E-state index contributed by atoms with van der Waals surface area (Å²) in [5.41, 5.74) is 1.09. The number of aromatic nitrogens is 2. The first kappa shape index (κ1) is 14.1. The van der Waals surface area contributed by atoms with Crippen molar-refractivity contribution in [2.75, 3.05) is 44.4 Å². The molecule has 0 bridgehead atoms. The molecule has 0 unspecified atom stereocenters. The molecule has 5 nitrogen and oxygen atoms in total. The van der Waals surface area contributed by atoms with Crippen LogP contribution in [0.25, 0.3) is 0 Å². The predicted octanol–water partition coefficient (Wildman–Crippen LogP) is 1.97. The molecule has 2 heterocycles. The van der Waals surface area contributed by atoms with Crippen molar-refractivity contribution in [3.63, 3.8) is 0 Å². The lowest BCUT2D eigenvalue weighted by molar-refractivity contribution is 0.215. The van der Waals surface area contributed by atoms with Gasteiger partial charge in [-0.1, -0.05) is 0 Å². The number of piperidine rings is 1. The Labute approximate surface area is 115 Å². The summed E-state index contributed by atoms with van der Waals surface area (Å²) in [5.74, 6) is 2.71. The molecule has 1 saturated heterocycles. The molecule has 0 atom stereocenters. The van der Waals surface area contributed by atoms with E-state index in [2.05, 4.69) is 32.5 Å². The average Bonchev–Trinajstić information content (AvgIpc) is 2.43. The minimum atomic E-state index is 0.856. The average molecular weight is 263 g/mol. The molecule has 0 aromatic carbocycles. The lowest BCUT2D eigenvalue weighted by Crippen LogP contribution is -2.30. The van der Waals surface area contributed by atoms with Gasteiger partial charge in [-0.15, -0.1) is 0 Å². The smallest absolute Gasteiger partial charge is 0.134 e. The molecule has 0 radical (unpaired) electrons. The second kappa shape index (κ2) is 6.70. The summed E-state index contributed by atoms with van der Waals surface area (Å²) in [4.78, 5) is 10.9. The van der Waals surface area contributed by atoms with Crippen molar-refractivity contribution < 1.29 is 0 Å². The molecular formula is C14H25N5. The first-order valence-corrected chi connectivity index (χ1v) is 7.12. The fourth-order valence-electron chi connectivity index (χ4n) is 2.63. The molecule has 0 aliphatic carbocycles. The standard InChI is InChI=1S/C14H25N5/c1-11-13(15-2)17-10-18-14(11)16-7-4-12-5-8-19(3)9-6-12/h10,12H,4-9H2,1-3H3,(H2,15,16,17,18). The van der Waals surface area contributed by atoms with Gasteiger partial charge in [0, 0.05) is 19.2 Å². The number of hydrogen-bond acceptors (Lipinski definition) is 5. The zero-order valence-electron chi connectivity index (χ0n) is 12.2. The Bertz CT molecular complexity index is 399. The molecule has 5 heteroatoms. The van der Waals surface area contributed by atoms with Crippen molar-refractivity contribution in [1.29, 1.82) is 0 Å². The molecule has 1 aromatic rings. The summed E-state index contributed by atoms with van der Waals surface area (Å²) in [6.07, 6.45) is 5.48. The van der Waals surface area contributed by atoms with Crippen LogP contribution in [0.15, 0.2) is 6.33 Å². The topological polar surface area (TPSA) is 53.1 Å². The maximum atomic E-state index is 4.31. The normalized spacial score (nSPS) is 17.4. The number of hydrogen-bond donors (Lipinski definition) is 2. The zero-order chi connectivity index (χ0) is 13.7. The van der Waals surface area contributed by atoms with Crippen LogP contribution in [0.2, 0.25) is 0 Å². The highest BCUT2D eigenvalue weighted by Crippen LogP contribution is 2.21. The third-order valence-electron chi connectivity index (χ3n) is 4.00. The Morgan fingerprint density at radius 3 is 2.63 bits per heavy atom. The van der Waals surface area contributed by atoms with E-state index in [1.165, 1.54) is 32.4 Å². The van der Waals surface area contributed by atoms with Gasteiger partial charge in [-0.3, -0.25) is 0 Å². The van der Waals surface area contributed by atoms with E-state index in [-0.39, 0.29) is 0 Å². The molecule has 0 amide bonds. The Morgan fingerprint density at radius 1 is 1.26 bits per heavy atom. The van der Waals surface area contributed by atoms with E-state index >= 15 is 0 Å². The molecular weight excluding hydrogens is 238 g/mol. The minimum Gasteiger partial charge on any atom is -0.373 e. The van der Waals surface area contributed by atoms with Gasteiger partial charge in [-0.25, -0.2) is 9.97 Å². The molecule has 0 spiro atoms. The number of nitrogens with zero attached hydrogens (tertiary/aromatic N) is 3. The Hall–Kier alpha value is -1.36. The fraction of sp³-hybridized carbons (Fsp3) is 0.714. The van der Waals surface area contributed by atoms with Gasteiger partial charge in [-0.05, 0) is 52.2 Å². The summed E-state index contributed by atoms with van der Waals surface area (Å²) in [7, 11) is 4.09. The third-order valence-corrected chi connectivity index (χ3v) is 4.00. The molecule has 19 heavy (non-hydrogen) atoms. The van der Waals surface area contributed by atoms with Crippen molar-refractivity contribution in [1.82, 2.24) is 14.9 Å². The first-order valence-electron chi connectivity index (χ1n) is 7.12. The summed E-state index contributed by atoms with van der Waals surface area (Å²) < 4.78 is 0. The van der Waals surface area contributed by atoms with Crippen LogP contribution in [0.5, 0.6) is 0 Å². The van der Waals surface area contributed by atoms with Gasteiger partial charge < -0.3 is 15.5 Å². The van der Waals surface area contributed by atoms with Crippen molar-refractivity contribution in [3.8, 4) is 0 Å². The lowest BCUT2D eigenvalue weighted by atomic mass is 9.94.